The van der Waals surface area contributed by atoms with Gasteiger partial charge in [-0.05, 0) is 11.6 Å². The number of benzene rings is 1. The molecule has 1 aliphatic rings. The molecule has 1 atom stereocenters. The molecule has 0 radical (unpaired) electrons. The normalized spacial score (nSPS) is 17.9. The summed E-state index contributed by atoms with van der Waals surface area (Å²) in [5.74, 6) is -1.16. The number of anilines is 1. The number of carboxylic acid groups (broad SMARTS) is 1. The van der Waals surface area contributed by atoms with Crippen molar-refractivity contribution in [1.82, 2.24) is 0 Å². The summed E-state index contributed by atoms with van der Waals surface area (Å²) in [5.41, 5.74) is 1.47. The van der Waals surface area contributed by atoms with Gasteiger partial charge in [-0.3, -0.25) is 9.59 Å². The molecular formula is C15H19NO3S. The quantitative estimate of drug-likeness (QED) is 0.931. The standard InChI is InChI=1S/C15H19NO3S/c1-15(2,3)20-9-13(17)16-8-11(14(18)19)10-6-4-5-7-12(10)16/h4-7,11H,8-9H2,1-3H3,(H,18,19). The average Bonchev–Trinajstić information content (AvgIpc) is 2.75. The van der Waals surface area contributed by atoms with Gasteiger partial charge in [0.25, 0.3) is 0 Å². The third-order valence-electron chi connectivity index (χ3n) is 3.20. The zero-order valence-electron chi connectivity index (χ0n) is 11.9. The lowest BCUT2D eigenvalue weighted by molar-refractivity contribution is -0.138. The number of para-hydroxylation sites is 1. The summed E-state index contributed by atoms with van der Waals surface area (Å²) in [7, 11) is 0. The monoisotopic (exact) mass is 293 g/mol. The zero-order chi connectivity index (χ0) is 14.9. The van der Waals surface area contributed by atoms with Crippen LogP contribution in [0.1, 0.15) is 32.3 Å². The Morgan fingerprint density at radius 1 is 1.35 bits per heavy atom. The van der Waals surface area contributed by atoms with E-state index in [9.17, 15) is 14.7 Å². The van der Waals surface area contributed by atoms with Crippen LogP contribution in [0.3, 0.4) is 0 Å². The van der Waals surface area contributed by atoms with Crippen LogP contribution >= 0.6 is 11.8 Å². The molecule has 1 N–H and O–H groups in total. The van der Waals surface area contributed by atoms with Gasteiger partial charge in [-0.25, -0.2) is 0 Å². The maximum absolute atomic E-state index is 12.3. The van der Waals surface area contributed by atoms with E-state index in [0.29, 0.717) is 5.75 Å². The molecule has 1 unspecified atom stereocenters. The summed E-state index contributed by atoms with van der Waals surface area (Å²) in [5, 5.41) is 9.28. The predicted molar refractivity (Wildman–Crippen MR) is 81.4 cm³/mol. The van der Waals surface area contributed by atoms with Crippen LogP contribution in [0.15, 0.2) is 24.3 Å². The SMILES string of the molecule is CC(C)(C)SCC(=O)N1CC(C(=O)O)c2ccccc21. The Bertz CT molecular complexity index is 536. The first kappa shape index (κ1) is 14.9. The molecule has 0 aliphatic carbocycles. The summed E-state index contributed by atoms with van der Waals surface area (Å²) in [6, 6.07) is 7.25. The largest absolute Gasteiger partial charge is 0.481 e. The molecule has 0 saturated carbocycles. The van der Waals surface area contributed by atoms with Crippen molar-refractivity contribution in [1.29, 1.82) is 0 Å². The number of amides is 1. The predicted octanol–water partition coefficient (Wildman–Crippen LogP) is 2.73. The number of nitrogens with zero attached hydrogens (tertiary/aromatic N) is 1. The average molecular weight is 293 g/mol. The van der Waals surface area contributed by atoms with E-state index in [1.54, 1.807) is 22.7 Å². The Kier molecular flexibility index (Phi) is 4.09. The maximum Gasteiger partial charge on any atom is 0.312 e. The van der Waals surface area contributed by atoms with E-state index < -0.39 is 11.9 Å². The van der Waals surface area contributed by atoms with Crippen LogP contribution < -0.4 is 4.90 Å². The fraction of sp³-hybridized carbons (Fsp3) is 0.467. The van der Waals surface area contributed by atoms with Crippen LogP contribution in [-0.2, 0) is 9.59 Å². The lowest BCUT2D eigenvalue weighted by Crippen LogP contribution is -2.33. The fourth-order valence-electron chi connectivity index (χ4n) is 2.21. The van der Waals surface area contributed by atoms with Gasteiger partial charge in [0, 0.05) is 17.0 Å². The number of carbonyl (C=O) groups is 2. The Hall–Kier alpha value is -1.49. The van der Waals surface area contributed by atoms with Crippen LogP contribution in [0, 0.1) is 0 Å². The molecule has 20 heavy (non-hydrogen) atoms. The van der Waals surface area contributed by atoms with Gasteiger partial charge in [-0.15, -0.1) is 11.8 Å². The molecule has 1 aromatic rings. The molecule has 1 heterocycles. The van der Waals surface area contributed by atoms with Crippen LogP contribution in [0.4, 0.5) is 5.69 Å². The fourth-order valence-corrected chi connectivity index (χ4v) is 2.92. The molecule has 2 rings (SSSR count). The topological polar surface area (TPSA) is 57.6 Å². The summed E-state index contributed by atoms with van der Waals surface area (Å²) < 4.78 is 0.0150. The van der Waals surface area contributed by atoms with E-state index in [4.69, 9.17) is 0 Å². The molecule has 0 aromatic heterocycles. The van der Waals surface area contributed by atoms with E-state index in [1.165, 1.54) is 0 Å². The Balaban J connectivity index is 2.18. The van der Waals surface area contributed by atoms with Gasteiger partial charge in [-0.2, -0.15) is 0 Å². The second-order valence-electron chi connectivity index (χ2n) is 5.86. The minimum atomic E-state index is -0.878. The van der Waals surface area contributed by atoms with Crippen molar-refractivity contribution in [2.75, 3.05) is 17.2 Å². The van der Waals surface area contributed by atoms with E-state index in [2.05, 4.69) is 20.8 Å². The highest BCUT2D eigenvalue weighted by molar-refractivity contribution is 8.01. The Labute approximate surface area is 123 Å². The number of aliphatic carboxylic acids is 1. The lowest BCUT2D eigenvalue weighted by atomic mass is 10.0. The number of rotatable bonds is 3. The second kappa shape index (κ2) is 5.48. The second-order valence-corrected chi connectivity index (χ2v) is 7.66. The Morgan fingerprint density at radius 3 is 2.60 bits per heavy atom. The highest BCUT2D eigenvalue weighted by atomic mass is 32.2. The molecule has 0 bridgehead atoms. The Morgan fingerprint density at radius 2 is 2.00 bits per heavy atom. The molecule has 5 heteroatoms. The van der Waals surface area contributed by atoms with Crippen LogP contribution in [0.5, 0.6) is 0 Å². The van der Waals surface area contributed by atoms with Gasteiger partial charge in [0.1, 0.15) is 5.92 Å². The highest BCUT2D eigenvalue weighted by Gasteiger charge is 2.36. The highest BCUT2D eigenvalue weighted by Crippen LogP contribution is 2.37. The van der Waals surface area contributed by atoms with Gasteiger partial charge in [-0.1, -0.05) is 39.0 Å². The molecular weight excluding hydrogens is 274 g/mol. The number of carboxylic acids is 1. The van der Waals surface area contributed by atoms with E-state index in [0.717, 1.165) is 11.3 Å². The molecule has 0 saturated heterocycles. The summed E-state index contributed by atoms with van der Waals surface area (Å²) >= 11 is 1.57. The van der Waals surface area contributed by atoms with Gasteiger partial charge in [0.2, 0.25) is 5.91 Å². The number of hydrogen-bond acceptors (Lipinski definition) is 3. The summed E-state index contributed by atoms with van der Waals surface area (Å²) in [6.45, 7) is 6.41. The molecule has 1 aromatic carbocycles. The van der Waals surface area contributed by atoms with Gasteiger partial charge < -0.3 is 10.0 Å². The van der Waals surface area contributed by atoms with Crippen LogP contribution in [0.25, 0.3) is 0 Å². The van der Waals surface area contributed by atoms with Crippen molar-refractivity contribution < 1.29 is 14.7 Å². The molecule has 0 spiro atoms. The van der Waals surface area contributed by atoms with Crippen molar-refractivity contribution >= 4 is 29.3 Å². The first-order chi connectivity index (χ1) is 9.29. The van der Waals surface area contributed by atoms with Gasteiger partial charge in [0.05, 0.1) is 5.75 Å². The number of thioether (sulfide) groups is 1. The number of fused-ring (bicyclic) bond motifs is 1. The molecule has 4 nitrogen and oxygen atoms in total. The minimum Gasteiger partial charge on any atom is -0.481 e. The van der Waals surface area contributed by atoms with E-state index >= 15 is 0 Å². The zero-order valence-corrected chi connectivity index (χ0v) is 12.7. The van der Waals surface area contributed by atoms with Crippen molar-refractivity contribution in [2.24, 2.45) is 0 Å². The molecule has 1 amide bonds. The third-order valence-corrected chi connectivity index (χ3v) is 4.45. The van der Waals surface area contributed by atoms with Crippen molar-refractivity contribution in [2.45, 2.75) is 31.4 Å². The van der Waals surface area contributed by atoms with Gasteiger partial charge >= 0.3 is 5.97 Å². The van der Waals surface area contributed by atoms with E-state index in [-0.39, 0.29) is 17.2 Å². The van der Waals surface area contributed by atoms with Crippen molar-refractivity contribution in [3.05, 3.63) is 29.8 Å². The summed E-state index contributed by atoms with van der Waals surface area (Å²) in [4.78, 5) is 25.2. The first-order valence-corrected chi connectivity index (χ1v) is 7.54. The molecule has 1 aliphatic heterocycles. The summed E-state index contributed by atoms with van der Waals surface area (Å²) in [6.07, 6.45) is 0. The lowest BCUT2D eigenvalue weighted by Gasteiger charge is -2.21. The minimum absolute atomic E-state index is 0.0150. The van der Waals surface area contributed by atoms with Crippen molar-refractivity contribution in [3.8, 4) is 0 Å². The first-order valence-electron chi connectivity index (χ1n) is 6.55. The molecule has 108 valence electrons. The number of carbonyl (C=O) groups excluding carboxylic acids is 1. The maximum atomic E-state index is 12.3. The smallest absolute Gasteiger partial charge is 0.312 e. The van der Waals surface area contributed by atoms with Crippen LogP contribution in [0.2, 0.25) is 0 Å². The van der Waals surface area contributed by atoms with E-state index in [1.807, 2.05) is 18.2 Å². The third kappa shape index (κ3) is 3.15. The van der Waals surface area contributed by atoms with Gasteiger partial charge in [0.15, 0.2) is 0 Å². The molecule has 0 fully saturated rings. The number of hydrogen-bond donors (Lipinski definition) is 1. The van der Waals surface area contributed by atoms with Crippen LogP contribution in [-0.4, -0.2) is 34.0 Å². The van der Waals surface area contributed by atoms with Crippen molar-refractivity contribution in [3.63, 3.8) is 0 Å².